The van der Waals surface area contributed by atoms with Crippen LogP contribution >= 0.6 is 12.2 Å². The Hall–Kier alpha value is -1.69. The fourth-order valence-corrected chi connectivity index (χ4v) is 1.17. The number of anilines is 1. The quantitative estimate of drug-likeness (QED) is 0.578. The van der Waals surface area contributed by atoms with E-state index >= 15 is 0 Å². The zero-order chi connectivity index (χ0) is 9.26. The van der Waals surface area contributed by atoms with Gasteiger partial charge in [-0.2, -0.15) is 5.10 Å². The van der Waals surface area contributed by atoms with Crippen molar-refractivity contribution in [2.45, 2.75) is 0 Å². The SMILES string of the molecule is NC(=S)Nc1cnc2[nH]ncc2c1. The molecule has 4 N–H and O–H groups in total. The summed E-state index contributed by atoms with van der Waals surface area (Å²) < 4.78 is 0. The van der Waals surface area contributed by atoms with Crippen molar-refractivity contribution in [3.63, 3.8) is 0 Å². The van der Waals surface area contributed by atoms with Crippen LogP contribution in [0.1, 0.15) is 0 Å². The number of pyridine rings is 1. The van der Waals surface area contributed by atoms with Crippen molar-refractivity contribution in [3.8, 4) is 0 Å². The highest BCUT2D eigenvalue weighted by atomic mass is 32.1. The largest absolute Gasteiger partial charge is 0.376 e. The van der Waals surface area contributed by atoms with Crippen LogP contribution in [-0.4, -0.2) is 20.3 Å². The van der Waals surface area contributed by atoms with Crippen molar-refractivity contribution in [1.29, 1.82) is 0 Å². The van der Waals surface area contributed by atoms with Gasteiger partial charge in [0.1, 0.15) is 0 Å². The lowest BCUT2D eigenvalue weighted by molar-refractivity contribution is 1.10. The number of rotatable bonds is 1. The van der Waals surface area contributed by atoms with Crippen LogP contribution in [0.15, 0.2) is 18.5 Å². The number of hydrogen-bond donors (Lipinski definition) is 3. The Balaban J connectivity index is 2.42. The number of thiocarbonyl (C=S) groups is 1. The van der Waals surface area contributed by atoms with Gasteiger partial charge in [-0.15, -0.1) is 0 Å². The molecule has 0 spiro atoms. The molecule has 0 radical (unpaired) electrons. The zero-order valence-electron chi connectivity index (χ0n) is 6.61. The first kappa shape index (κ1) is 7.93. The third-order valence-electron chi connectivity index (χ3n) is 1.56. The summed E-state index contributed by atoms with van der Waals surface area (Å²) in [5.41, 5.74) is 6.82. The minimum absolute atomic E-state index is 0.227. The van der Waals surface area contributed by atoms with Crippen LogP contribution < -0.4 is 11.1 Å². The lowest BCUT2D eigenvalue weighted by atomic mass is 10.3. The summed E-state index contributed by atoms with van der Waals surface area (Å²) in [6, 6.07) is 1.87. The molecule has 5 nitrogen and oxygen atoms in total. The third-order valence-corrected chi connectivity index (χ3v) is 1.66. The van der Waals surface area contributed by atoms with Gasteiger partial charge < -0.3 is 11.1 Å². The van der Waals surface area contributed by atoms with Crippen LogP contribution in [-0.2, 0) is 0 Å². The van der Waals surface area contributed by atoms with Crippen LogP contribution in [0.4, 0.5) is 5.69 Å². The zero-order valence-corrected chi connectivity index (χ0v) is 7.43. The molecule has 6 heteroatoms. The molecule has 0 aromatic carbocycles. The Morgan fingerprint density at radius 1 is 1.54 bits per heavy atom. The fourth-order valence-electron chi connectivity index (χ4n) is 1.05. The van der Waals surface area contributed by atoms with E-state index in [1.165, 1.54) is 0 Å². The van der Waals surface area contributed by atoms with E-state index in [2.05, 4.69) is 20.5 Å². The van der Waals surface area contributed by atoms with Gasteiger partial charge in [0.25, 0.3) is 0 Å². The van der Waals surface area contributed by atoms with Gasteiger partial charge in [0.2, 0.25) is 0 Å². The van der Waals surface area contributed by atoms with Crippen LogP contribution in [0.2, 0.25) is 0 Å². The Labute approximate surface area is 79.3 Å². The number of nitrogens with one attached hydrogen (secondary N) is 2. The molecule has 0 saturated heterocycles. The normalized spacial score (nSPS) is 10.2. The molecule has 2 aromatic rings. The van der Waals surface area contributed by atoms with E-state index in [-0.39, 0.29) is 5.11 Å². The van der Waals surface area contributed by atoms with E-state index in [1.54, 1.807) is 12.4 Å². The van der Waals surface area contributed by atoms with Crippen LogP contribution in [0.5, 0.6) is 0 Å². The summed E-state index contributed by atoms with van der Waals surface area (Å²) >= 11 is 4.70. The second-order valence-electron chi connectivity index (χ2n) is 2.52. The summed E-state index contributed by atoms with van der Waals surface area (Å²) in [7, 11) is 0. The van der Waals surface area contributed by atoms with Gasteiger partial charge in [0.15, 0.2) is 10.8 Å². The molecule has 0 aliphatic rings. The summed E-state index contributed by atoms with van der Waals surface area (Å²) in [6.45, 7) is 0. The van der Waals surface area contributed by atoms with Gasteiger partial charge in [-0.3, -0.25) is 5.10 Å². The number of aromatic amines is 1. The first-order valence-corrected chi connectivity index (χ1v) is 4.02. The van der Waals surface area contributed by atoms with E-state index < -0.39 is 0 Å². The topological polar surface area (TPSA) is 79.6 Å². The molecule has 13 heavy (non-hydrogen) atoms. The van der Waals surface area contributed by atoms with Crippen LogP contribution in [0.25, 0.3) is 11.0 Å². The molecule has 0 unspecified atom stereocenters. The number of H-pyrrole nitrogens is 1. The van der Waals surface area contributed by atoms with Crippen LogP contribution in [0.3, 0.4) is 0 Å². The van der Waals surface area contributed by atoms with Gasteiger partial charge in [-0.05, 0) is 18.3 Å². The highest BCUT2D eigenvalue weighted by molar-refractivity contribution is 7.80. The maximum absolute atomic E-state index is 5.31. The highest BCUT2D eigenvalue weighted by Gasteiger charge is 1.98. The lowest BCUT2D eigenvalue weighted by Crippen LogP contribution is -2.18. The van der Waals surface area contributed by atoms with Crippen molar-refractivity contribution >= 4 is 34.1 Å². The predicted octanol–water partition coefficient (Wildman–Crippen LogP) is 0.613. The van der Waals surface area contributed by atoms with E-state index in [9.17, 15) is 0 Å². The van der Waals surface area contributed by atoms with E-state index in [4.69, 9.17) is 18.0 Å². The van der Waals surface area contributed by atoms with Crippen molar-refractivity contribution in [2.24, 2.45) is 5.73 Å². The Morgan fingerprint density at radius 2 is 2.38 bits per heavy atom. The molecule has 0 atom stereocenters. The summed E-state index contributed by atoms with van der Waals surface area (Å²) in [5.74, 6) is 0. The average Bonchev–Trinajstić information content (AvgIpc) is 2.49. The number of nitrogens with zero attached hydrogens (tertiary/aromatic N) is 2. The molecular formula is C7H7N5S. The predicted molar refractivity (Wildman–Crippen MR) is 54.3 cm³/mol. The molecule has 2 heterocycles. The number of hydrogen-bond acceptors (Lipinski definition) is 3. The van der Waals surface area contributed by atoms with E-state index in [1.807, 2.05) is 6.07 Å². The fraction of sp³-hybridized carbons (Fsp3) is 0. The van der Waals surface area contributed by atoms with Crippen molar-refractivity contribution in [1.82, 2.24) is 15.2 Å². The molecule has 0 fully saturated rings. The maximum Gasteiger partial charge on any atom is 0.168 e. The average molecular weight is 193 g/mol. The third kappa shape index (κ3) is 1.57. The Morgan fingerprint density at radius 3 is 3.15 bits per heavy atom. The summed E-state index contributed by atoms with van der Waals surface area (Å²) in [4.78, 5) is 4.10. The first-order chi connectivity index (χ1) is 6.25. The monoisotopic (exact) mass is 193 g/mol. The summed E-state index contributed by atoms with van der Waals surface area (Å²) in [6.07, 6.45) is 3.33. The number of aromatic nitrogens is 3. The molecule has 66 valence electrons. The molecule has 2 rings (SSSR count). The van der Waals surface area contributed by atoms with Gasteiger partial charge in [0.05, 0.1) is 18.1 Å². The van der Waals surface area contributed by atoms with Gasteiger partial charge in [-0.1, -0.05) is 0 Å². The van der Waals surface area contributed by atoms with Crippen molar-refractivity contribution in [3.05, 3.63) is 18.5 Å². The van der Waals surface area contributed by atoms with E-state index in [0.717, 1.165) is 16.7 Å². The Kier molecular flexibility index (Phi) is 1.82. The van der Waals surface area contributed by atoms with E-state index in [0.29, 0.717) is 0 Å². The highest BCUT2D eigenvalue weighted by Crippen LogP contribution is 2.13. The minimum atomic E-state index is 0.227. The van der Waals surface area contributed by atoms with Crippen molar-refractivity contribution in [2.75, 3.05) is 5.32 Å². The van der Waals surface area contributed by atoms with Gasteiger partial charge >= 0.3 is 0 Å². The summed E-state index contributed by atoms with van der Waals surface area (Å²) in [5, 5.41) is 10.5. The first-order valence-electron chi connectivity index (χ1n) is 3.61. The number of nitrogens with two attached hydrogens (primary N) is 1. The van der Waals surface area contributed by atoms with Crippen molar-refractivity contribution < 1.29 is 0 Å². The van der Waals surface area contributed by atoms with Gasteiger partial charge in [-0.25, -0.2) is 4.98 Å². The minimum Gasteiger partial charge on any atom is -0.376 e. The molecule has 0 aliphatic carbocycles. The number of fused-ring (bicyclic) bond motifs is 1. The smallest absolute Gasteiger partial charge is 0.168 e. The van der Waals surface area contributed by atoms with Gasteiger partial charge in [0, 0.05) is 5.39 Å². The second-order valence-corrected chi connectivity index (χ2v) is 2.96. The standard InChI is InChI=1S/C7H7N5S/c8-7(13)11-5-1-4-2-10-12-6(4)9-3-5/h1-3H,(H3,8,11,13)(H,9,10,12). The maximum atomic E-state index is 5.31. The second kappa shape index (κ2) is 2.98. The van der Waals surface area contributed by atoms with Crippen LogP contribution in [0, 0.1) is 0 Å². The molecule has 0 bridgehead atoms. The molecule has 0 aliphatic heterocycles. The molecular weight excluding hydrogens is 186 g/mol. The molecule has 2 aromatic heterocycles. The molecule has 0 saturated carbocycles. The Bertz CT molecular complexity index is 449. The lowest BCUT2D eigenvalue weighted by Gasteiger charge is -2.01. The molecule has 0 amide bonds.